The highest BCUT2D eigenvalue weighted by Crippen LogP contribution is 2.26. The van der Waals surface area contributed by atoms with Crippen molar-refractivity contribution in [3.63, 3.8) is 0 Å². The molecule has 0 fully saturated rings. The second-order valence-corrected chi connectivity index (χ2v) is 5.10. The second-order valence-electron chi connectivity index (χ2n) is 3.72. The highest BCUT2D eigenvalue weighted by atomic mass is 35.5. The lowest BCUT2D eigenvalue weighted by Crippen LogP contribution is -1.96. The van der Waals surface area contributed by atoms with Gasteiger partial charge >= 0.3 is 0 Å². The van der Waals surface area contributed by atoms with Crippen LogP contribution < -0.4 is 5.73 Å². The highest BCUT2D eigenvalue weighted by molar-refractivity contribution is 7.98. The molecule has 4 nitrogen and oxygen atoms in total. The minimum Gasteiger partial charge on any atom is -0.398 e. The van der Waals surface area contributed by atoms with Crippen molar-refractivity contribution < 1.29 is 0 Å². The van der Waals surface area contributed by atoms with Crippen LogP contribution >= 0.6 is 23.4 Å². The van der Waals surface area contributed by atoms with Crippen molar-refractivity contribution in [2.45, 2.75) is 17.8 Å². The van der Waals surface area contributed by atoms with Crippen molar-refractivity contribution in [3.05, 3.63) is 34.6 Å². The second kappa shape index (κ2) is 4.98. The molecule has 0 saturated heterocycles. The summed E-state index contributed by atoms with van der Waals surface area (Å²) >= 11 is 7.53. The fourth-order valence-electron chi connectivity index (χ4n) is 1.36. The first-order chi connectivity index (χ1) is 8.08. The van der Waals surface area contributed by atoms with E-state index in [-0.39, 0.29) is 0 Å². The summed E-state index contributed by atoms with van der Waals surface area (Å²) in [6, 6.07) is 5.49. The molecular weight excluding hydrogens is 256 g/mol. The molecule has 0 amide bonds. The fourth-order valence-corrected chi connectivity index (χ4v) is 2.51. The lowest BCUT2D eigenvalue weighted by Gasteiger charge is -2.05. The van der Waals surface area contributed by atoms with Crippen molar-refractivity contribution in [1.29, 1.82) is 0 Å². The van der Waals surface area contributed by atoms with Gasteiger partial charge in [-0.3, -0.25) is 0 Å². The molecule has 90 valence electrons. The van der Waals surface area contributed by atoms with E-state index in [4.69, 9.17) is 17.3 Å². The summed E-state index contributed by atoms with van der Waals surface area (Å²) in [7, 11) is 1.94. The van der Waals surface area contributed by atoms with Crippen LogP contribution in [0.15, 0.2) is 23.4 Å². The number of halogens is 1. The van der Waals surface area contributed by atoms with Crippen LogP contribution in [0.1, 0.15) is 11.4 Å². The van der Waals surface area contributed by atoms with Crippen LogP contribution in [0.5, 0.6) is 0 Å². The number of aromatic nitrogens is 3. The number of hydrogen-bond acceptors (Lipinski definition) is 4. The van der Waals surface area contributed by atoms with Crippen molar-refractivity contribution in [1.82, 2.24) is 14.8 Å². The van der Waals surface area contributed by atoms with Gasteiger partial charge in [0.1, 0.15) is 5.82 Å². The van der Waals surface area contributed by atoms with E-state index in [9.17, 15) is 0 Å². The zero-order valence-electron chi connectivity index (χ0n) is 9.64. The summed E-state index contributed by atoms with van der Waals surface area (Å²) in [6.07, 6.45) is 0. The largest absolute Gasteiger partial charge is 0.398 e. The molecule has 0 aliphatic heterocycles. The Kier molecular flexibility index (Phi) is 3.59. The van der Waals surface area contributed by atoms with Gasteiger partial charge in [0.2, 0.25) is 0 Å². The molecule has 0 aliphatic carbocycles. The third-order valence-corrected chi connectivity index (χ3v) is 3.82. The minimum atomic E-state index is 0.698. The molecule has 0 atom stereocenters. The standard InChI is InChI=1S/C11H13ClN4S/c1-7-14-15-11(16(7)2)17-6-8-5-9(12)3-4-10(8)13/h3-5H,6,13H2,1-2H3. The number of nitrogens with zero attached hydrogens (tertiary/aromatic N) is 3. The average molecular weight is 269 g/mol. The van der Waals surface area contributed by atoms with Crippen LogP contribution in [0, 0.1) is 6.92 Å². The molecule has 1 aromatic carbocycles. The molecule has 0 aliphatic rings. The first-order valence-corrected chi connectivity index (χ1v) is 6.47. The molecule has 1 heterocycles. The number of aryl methyl sites for hydroxylation is 1. The normalized spacial score (nSPS) is 10.8. The predicted molar refractivity (Wildman–Crippen MR) is 71.2 cm³/mol. The molecule has 6 heteroatoms. The molecule has 2 N–H and O–H groups in total. The maximum absolute atomic E-state index is 5.94. The lowest BCUT2D eigenvalue weighted by molar-refractivity contribution is 0.765. The fraction of sp³-hybridized carbons (Fsp3) is 0.273. The van der Waals surface area contributed by atoms with Gasteiger partial charge in [0, 0.05) is 23.5 Å². The molecule has 0 bridgehead atoms. The molecular formula is C11H13ClN4S. The van der Waals surface area contributed by atoms with Gasteiger partial charge in [0.05, 0.1) is 0 Å². The zero-order valence-corrected chi connectivity index (χ0v) is 11.2. The van der Waals surface area contributed by atoms with Crippen molar-refractivity contribution in [2.24, 2.45) is 7.05 Å². The topological polar surface area (TPSA) is 56.7 Å². The Morgan fingerprint density at radius 3 is 2.82 bits per heavy atom. The van der Waals surface area contributed by atoms with E-state index < -0.39 is 0 Å². The minimum absolute atomic E-state index is 0.698. The summed E-state index contributed by atoms with van der Waals surface area (Å²) in [5.74, 6) is 1.63. The molecule has 0 unspecified atom stereocenters. The van der Waals surface area contributed by atoms with Gasteiger partial charge < -0.3 is 10.3 Å². The first kappa shape index (κ1) is 12.3. The molecule has 2 aromatic rings. The molecule has 2 rings (SSSR count). The zero-order chi connectivity index (χ0) is 12.4. The van der Waals surface area contributed by atoms with Gasteiger partial charge in [-0.25, -0.2) is 0 Å². The van der Waals surface area contributed by atoms with Gasteiger partial charge in [-0.05, 0) is 30.7 Å². The van der Waals surface area contributed by atoms with Crippen LogP contribution in [-0.2, 0) is 12.8 Å². The van der Waals surface area contributed by atoms with Crippen molar-refractivity contribution in [2.75, 3.05) is 5.73 Å². The van der Waals surface area contributed by atoms with E-state index in [1.807, 2.05) is 30.7 Å². The van der Waals surface area contributed by atoms with Gasteiger partial charge in [-0.2, -0.15) is 0 Å². The van der Waals surface area contributed by atoms with E-state index in [0.29, 0.717) is 5.02 Å². The van der Waals surface area contributed by atoms with Crippen LogP contribution in [0.2, 0.25) is 5.02 Å². The van der Waals surface area contributed by atoms with Crippen LogP contribution in [-0.4, -0.2) is 14.8 Å². The summed E-state index contributed by atoms with van der Waals surface area (Å²) in [5, 5.41) is 9.66. The van der Waals surface area contributed by atoms with E-state index in [1.165, 1.54) is 0 Å². The van der Waals surface area contributed by atoms with Gasteiger partial charge in [0.15, 0.2) is 5.16 Å². The quantitative estimate of drug-likeness (QED) is 0.687. The van der Waals surface area contributed by atoms with Crippen molar-refractivity contribution in [3.8, 4) is 0 Å². The monoisotopic (exact) mass is 268 g/mol. The SMILES string of the molecule is Cc1nnc(SCc2cc(Cl)ccc2N)n1C. The summed E-state index contributed by atoms with van der Waals surface area (Å²) in [4.78, 5) is 0. The third kappa shape index (κ3) is 2.73. The Labute approximate surface area is 109 Å². The summed E-state index contributed by atoms with van der Waals surface area (Å²) in [6.45, 7) is 1.92. The Morgan fingerprint density at radius 2 is 2.18 bits per heavy atom. The third-order valence-electron chi connectivity index (χ3n) is 2.51. The maximum atomic E-state index is 5.94. The smallest absolute Gasteiger partial charge is 0.191 e. The molecule has 1 aromatic heterocycles. The van der Waals surface area contributed by atoms with Crippen LogP contribution in [0.3, 0.4) is 0 Å². The van der Waals surface area contributed by atoms with Gasteiger partial charge in [-0.1, -0.05) is 23.4 Å². The number of benzene rings is 1. The molecule has 0 radical (unpaired) electrons. The number of thioether (sulfide) groups is 1. The van der Waals surface area contributed by atoms with E-state index in [1.54, 1.807) is 17.8 Å². The maximum Gasteiger partial charge on any atom is 0.191 e. The summed E-state index contributed by atoms with van der Waals surface area (Å²) < 4.78 is 1.95. The Bertz CT molecular complexity index is 538. The molecule has 0 spiro atoms. The molecule has 0 saturated carbocycles. The predicted octanol–water partition coefficient (Wildman–Crippen LogP) is 2.65. The number of hydrogen-bond donors (Lipinski definition) is 1. The van der Waals surface area contributed by atoms with Crippen LogP contribution in [0.25, 0.3) is 0 Å². The average Bonchev–Trinajstić information content (AvgIpc) is 2.62. The van der Waals surface area contributed by atoms with Gasteiger partial charge in [0.25, 0.3) is 0 Å². The summed E-state index contributed by atoms with van der Waals surface area (Å²) in [5.41, 5.74) is 7.65. The van der Waals surface area contributed by atoms with Gasteiger partial charge in [-0.15, -0.1) is 10.2 Å². The number of nitrogens with two attached hydrogens (primary N) is 1. The lowest BCUT2D eigenvalue weighted by atomic mass is 10.2. The first-order valence-electron chi connectivity index (χ1n) is 5.10. The Balaban J connectivity index is 2.12. The number of anilines is 1. The van der Waals surface area contributed by atoms with Crippen molar-refractivity contribution >= 4 is 29.1 Å². The number of nitrogen functional groups attached to an aromatic ring is 1. The molecule has 17 heavy (non-hydrogen) atoms. The van der Waals surface area contributed by atoms with E-state index in [2.05, 4.69) is 10.2 Å². The highest BCUT2D eigenvalue weighted by Gasteiger charge is 2.07. The number of rotatable bonds is 3. The van der Waals surface area contributed by atoms with Crippen LogP contribution in [0.4, 0.5) is 5.69 Å². The Hall–Kier alpha value is -1.20. The van der Waals surface area contributed by atoms with E-state index in [0.717, 1.165) is 28.0 Å². The Morgan fingerprint density at radius 1 is 1.41 bits per heavy atom. The van der Waals surface area contributed by atoms with E-state index >= 15 is 0 Å².